The number of hydrogen-bond acceptors (Lipinski definition) is 15. The predicted octanol–water partition coefficient (Wildman–Crippen LogP) is 16.9. The van der Waals surface area contributed by atoms with Crippen LogP contribution < -0.4 is 0 Å². The SMILES string of the molecule is CCCCCCCCCCCCCCCCC(=O)O[C@H](COC(=O)CCCCCCCCCCC(C)CC)COP(=O)(O)OC[C@@H](O)COP(=O)(O)OC[C@@H](COC(=O)CCCCCCC)OC(=O)CCCCCCCCCC(C)C. The van der Waals surface area contributed by atoms with Crippen LogP contribution in [0.25, 0.3) is 0 Å². The largest absolute Gasteiger partial charge is 0.472 e. The fraction of sp³-hybridized carbons (Fsp3) is 0.935. The fourth-order valence-corrected chi connectivity index (χ4v) is 10.7. The van der Waals surface area contributed by atoms with Crippen molar-refractivity contribution in [2.75, 3.05) is 39.6 Å². The van der Waals surface area contributed by atoms with E-state index in [2.05, 4.69) is 41.5 Å². The highest BCUT2D eigenvalue weighted by Crippen LogP contribution is 2.45. The number of phosphoric acid groups is 2. The summed E-state index contributed by atoms with van der Waals surface area (Å²) in [6.45, 7) is 9.33. The molecule has 0 saturated heterocycles. The number of esters is 4. The predicted molar refractivity (Wildman–Crippen MR) is 321 cm³/mol. The molecule has 0 aliphatic heterocycles. The summed E-state index contributed by atoms with van der Waals surface area (Å²) in [6, 6.07) is 0. The quantitative estimate of drug-likeness (QED) is 0.0222. The summed E-state index contributed by atoms with van der Waals surface area (Å²) in [6.07, 6.45) is 36.6. The maximum atomic E-state index is 13.0. The van der Waals surface area contributed by atoms with Gasteiger partial charge in [-0.3, -0.25) is 37.3 Å². The summed E-state index contributed by atoms with van der Waals surface area (Å²) < 4.78 is 67.7. The standard InChI is InChI=1S/C62H120O17P2/c1-7-10-12-14-15-16-17-18-19-20-21-28-34-40-46-61(66)79-58(51-73-60(65)45-39-33-27-23-22-26-32-37-43-55(6)9-3)53-77-81(70,71)75-49-56(63)48-74-80(68,69)76-52-57(50-72-59(64)44-38-30-13-11-8-2)78-62(67)47-41-35-29-24-25-31-36-42-54(4)5/h54-58,63H,7-53H2,1-6H3,(H,68,69)(H,70,71)/t55?,56-,57+,58+/m0/s1. The first kappa shape index (κ1) is 79.1. The molecule has 0 fully saturated rings. The smallest absolute Gasteiger partial charge is 0.462 e. The number of aliphatic hydroxyl groups is 1. The van der Waals surface area contributed by atoms with Gasteiger partial charge in [-0.05, 0) is 37.5 Å². The van der Waals surface area contributed by atoms with Gasteiger partial charge in [-0.15, -0.1) is 0 Å². The van der Waals surface area contributed by atoms with Crippen LogP contribution in [0.15, 0.2) is 0 Å². The number of aliphatic hydroxyl groups excluding tert-OH is 1. The summed E-state index contributed by atoms with van der Waals surface area (Å²) in [4.78, 5) is 71.9. The minimum absolute atomic E-state index is 0.102. The van der Waals surface area contributed by atoms with E-state index in [-0.39, 0.29) is 25.7 Å². The van der Waals surface area contributed by atoms with Gasteiger partial charge in [0, 0.05) is 25.7 Å². The topological polar surface area (TPSA) is 237 Å². The number of phosphoric ester groups is 2. The highest BCUT2D eigenvalue weighted by molar-refractivity contribution is 7.47. The summed E-state index contributed by atoms with van der Waals surface area (Å²) in [5.74, 6) is -0.674. The number of carbonyl (C=O) groups excluding carboxylic acids is 4. The maximum Gasteiger partial charge on any atom is 0.472 e. The lowest BCUT2D eigenvalue weighted by Crippen LogP contribution is -2.30. The average Bonchev–Trinajstić information content (AvgIpc) is 3.43. The molecule has 0 aliphatic carbocycles. The lowest BCUT2D eigenvalue weighted by atomic mass is 9.99. The van der Waals surface area contributed by atoms with Gasteiger partial charge in [0.05, 0.1) is 26.4 Å². The van der Waals surface area contributed by atoms with E-state index in [1.165, 1.54) is 116 Å². The fourth-order valence-electron chi connectivity index (χ4n) is 9.15. The van der Waals surface area contributed by atoms with Crippen molar-refractivity contribution in [2.45, 2.75) is 323 Å². The van der Waals surface area contributed by atoms with Gasteiger partial charge < -0.3 is 33.8 Å². The van der Waals surface area contributed by atoms with Crippen LogP contribution in [0, 0.1) is 11.8 Å². The minimum atomic E-state index is -4.94. The molecule has 0 amide bonds. The van der Waals surface area contributed by atoms with Gasteiger partial charge in [-0.1, -0.05) is 253 Å². The van der Waals surface area contributed by atoms with E-state index >= 15 is 0 Å². The van der Waals surface area contributed by atoms with Crippen molar-refractivity contribution in [1.82, 2.24) is 0 Å². The van der Waals surface area contributed by atoms with E-state index < -0.39 is 97.5 Å². The zero-order valence-corrected chi connectivity index (χ0v) is 53.9. The molecule has 0 spiro atoms. The van der Waals surface area contributed by atoms with E-state index in [0.717, 1.165) is 102 Å². The number of hydrogen-bond donors (Lipinski definition) is 3. The second-order valence-electron chi connectivity index (χ2n) is 23.2. The molecule has 3 N–H and O–H groups in total. The lowest BCUT2D eigenvalue weighted by molar-refractivity contribution is -0.161. The molecule has 480 valence electrons. The Hall–Kier alpha value is -1.94. The summed E-state index contributed by atoms with van der Waals surface area (Å²) in [5.41, 5.74) is 0. The van der Waals surface area contributed by atoms with Crippen LogP contribution >= 0.6 is 15.6 Å². The van der Waals surface area contributed by atoms with Crippen LogP contribution in [-0.4, -0.2) is 96.7 Å². The molecule has 0 saturated carbocycles. The molecule has 81 heavy (non-hydrogen) atoms. The van der Waals surface area contributed by atoms with E-state index in [1.54, 1.807) is 0 Å². The molecule has 0 radical (unpaired) electrons. The maximum absolute atomic E-state index is 13.0. The van der Waals surface area contributed by atoms with Crippen LogP contribution in [0.1, 0.15) is 305 Å². The van der Waals surface area contributed by atoms with Gasteiger partial charge in [0.15, 0.2) is 12.2 Å². The number of ether oxygens (including phenoxy) is 4. The van der Waals surface area contributed by atoms with Gasteiger partial charge in [-0.2, -0.15) is 0 Å². The van der Waals surface area contributed by atoms with Crippen LogP contribution in [0.3, 0.4) is 0 Å². The van der Waals surface area contributed by atoms with Crippen molar-refractivity contribution in [3.05, 3.63) is 0 Å². The molecular weight excluding hydrogens is 1080 g/mol. The van der Waals surface area contributed by atoms with Gasteiger partial charge in [0.2, 0.25) is 0 Å². The highest BCUT2D eigenvalue weighted by atomic mass is 31.2. The lowest BCUT2D eigenvalue weighted by Gasteiger charge is -2.21. The van der Waals surface area contributed by atoms with Crippen molar-refractivity contribution in [3.8, 4) is 0 Å². The van der Waals surface area contributed by atoms with Gasteiger partial charge in [0.1, 0.15) is 19.3 Å². The highest BCUT2D eigenvalue weighted by Gasteiger charge is 2.30. The Morgan fingerprint density at radius 3 is 0.938 bits per heavy atom. The Balaban J connectivity index is 5.19. The second-order valence-corrected chi connectivity index (χ2v) is 26.1. The third-order valence-electron chi connectivity index (χ3n) is 14.6. The molecule has 0 aromatic heterocycles. The van der Waals surface area contributed by atoms with Crippen LogP contribution in [-0.2, 0) is 65.4 Å². The third kappa shape index (κ3) is 55.7. The molecule has 0 aromatic carbocycles. The molecule has 3 unspecified atom stereocenters. The Bertz CT molecular complexity index is 1600. The Kier molecular flexibility index (Phi) is 53.4. The first-order valence-electron chi connectivity index (χ1n) is 32.5. The third-order valence-corrected chi connectivity index (χ3v) is 16.5. The van der Waals surface area contributed by atoms with Crippen LogP contribution in [0.5, 0.6) is 0 Å². The van der Waals surface area contributed by atoms with Crippen molar-refractivity contribution in [3.63, 3.8) is 0 Å². The molecule has 6 atom stereocenters. The average molecular weight is 1200 g/mol. The molecule has 19 heteroatoms. The second kappa shape index (κ2) is 54.7. The van der Waals surface area contributed by atoms with E-state index in [4.69, 9.17) is 37.0 Å². The van der Waals surface area contributed by atoms with E-state index in [0.29, 0.717) is 31.6 Å². The first-order valence-corrected chi connectivity index (χ1v) is 35.5. The van der Waals surface area contributed by atoms with Crippen LogP contribution in [0.2, 0.25) is 0 Å². The van der Waals surface area contributed by atoms with Crippen molar-refractivity contribution < 1.29 is 80.2 Å². The zero-order chi connectivity index (χ0) is 60.1. The molecule has 0 heterocycles. The molecule has 0 bridgehead atoms. The molecule has 0 aliphatic rings. The molecule has 0 aromatic rings. The summed E-state index contributed by atoms with van der Waals surface area (Å²) in [5, 5.41) is 10.5. The van der Waals surface area contributed by atoms with E-state index in [9.17, 15) is 43.2 Å². The van der Waals surface area contributed by atoms with Crippen molar-refractivity contribution >= 4 is 39.5 Å². The van der Waals surface area contributed by atoms with E-state index in [1.807, 2.05) is 0 Å². The number of carbonyl (C=O) groups is 4. The van der Waals surface area contributed by atoms with Gasteiger partial charge >= 0.3 is 39.5 Å². The Morgan fingerprint density at radius 1 is 0.358 bits per heavy atom. The summed E-state index contributed by atoms with van der Waals surface area (Å²) >= 11 is 0. The number of unbranched alkanes of at least 4 members (excludes halogenated alkanes) is 30. The van der Waals surface area contributed by atoms with Crippen molar-refractivity contribution in [1.29, 1.82) is 0 Å². The zero-order valence-electron chi connectivity index (χ0n) is 52.1. The molecule has 17 nitrogen and oxygen atoms in total. The Morgan fingerprint density at radius 2 is 0.630 bits per heavy atom. The van der Waals surface area contributed by atoms with Gasteiger partial charge in [-0.25, -0.2) is 9.13 Å². The van der Waals surface area contributed by atoms with Gasteiger partial charge in [0.25, 0.3) is 0 Å². The molecular formula is C62H120O17P2. The van der Waals surface area contributed by atoms with Crippen molar-refractivity contribution in [2.24, 2.45) is 11.8 Å². The summed E-state index contributed by atoms with van der Waals surface area (Å²) in [7, 11) is -9.88. The Labute approximate surface area is 492 Å². The number of rotatable bonds is 61. The first-order chi connectivity index (χ1) is 38.9. The normalized spacial score (nSPS) is 14.7. The molecule has 0 rings (SSSR count). The van der Waals surface area contributed by atoms with Crippen LogP contribution in [0.4, 0.5) is 0 Å². The monoisotopic (exact) mass is 1200 g/mol. The minimum Gasteiger partial charge on any atom is -0.462 e.